The molecule has 24 heavy (non-hydrogen) atoms. The lowest BCUT2D eigenvalue weighted by atomic mass is 9.88. The molecule has 124 valence electrons. The molecule has 2 aromatic rings. The Kier molecular flexibility index (Phi) is 6.74. The number of hydrogen-bond donors (Lipinski definition) is 0. The SMILES string of the molecule is C=CC(=O)c1ccc(C=Cc2ccccc2)c(CCC)c1CCC. The Morgan fingerprint density at radius 1 is 0.917 bits per heavy atom. The quantitative estimate of drug-likeness (QED) is 0.325. The monoisotopic (exact) mass is 318 g/mol. The van der Waals surface area contributed by atoms with Crippen LogP contribution in [-0.2, 0) is 12.8 Å². The number of carbonyl (C=O) groups excluding carboxylic acids is 1. The van der Waals surface area contributed by atoms with Crippen LogP contribution in [0, 0.1) is 0 Å². The third-order valence-electron chi connectivity index (χ3n) is 4.17. The highest BCUT2D eigenvalue weighted by Crippen LogP contribution is 2.25. The molecule has 0 fully saturated rings. The molecule has 0 N–H and O–H groups in total. The molecule has 2 aromatic carbocycles. The molecule has 0 aliphatic carbocycles. The minimum Gasteiger partial charge on any atom is -0.289 e. The molecule has 2 rings (SSSR count). The molecule has 0 aliphatic heterocycles. The van der Waals surface area contributed by atoms with Crippen molar-refractivity contribution in [2.45, 2.75) is 39.5 Å². The number of hydrogen-bond acceptors (Lipinski definition) is 1. The van der Waals surface area contributed by atoms with Crippen molar-refractivity contribution in [2.75, 3.05) is 0 Å². The molecule has 0 radical (unpaired) electrons. The van der Waals surface area contributed by atoms with Crippen LogP contribution in [0.3, 0.4) is 0 Å². The fourth-order valence-corrected chi connectivity index (χ4v) is 3.04. The molecule has 0 aromatic heterocycles. The summed E-state index contributed by atoms with van der Waals surface area (Å²) in [5.74, 6) is 0.0226. The van der Waals surface area contributed by atoms with E-state index in [1.54, 1.807) is 0 Å². The summed E-state index contributed by atoms with van der Waals surface area (Å²) in [5, 5.41) is 0. The van der Waals surface area contributed by atoms with E-state index < -0.39 is 0 Å². The smallest absolute Gasteiger partial charge is 0.185 e. The molecular weight excluding hydrogens is 292 g/mol. The Labute approximate surface area is 145 Å². The summed E-state index contributed by atoms with van der Waals surface area (Å²) in [5.41, 5.74) is 5.71. The highest BCUT2D eigenvalue weighted by molar-refractivity contribution is 6.05. The molecule has 0 atom stereocenters. The van der Waals surface area contributed by atoms with E-state index in [2.05, 4.69) is 50.8 Å². The van der Waals surface area contributed by atoms with Gasteiger partial charge in [-0.1, -0.05) is 87.9 Å². The Balaban J connectivity index is 2.51. The van der Waals surface area contributed by atoms with Gasteiger partial charge in [0.05, 0.1) is 0 Å². The maximum absolute atomic E-state index is 12.2. The standard InChI is InChI=1S/C23H26O/c1-4-10-20-19(15-14-18-12-8-7-9-13-18)16-17-22(23(24)6-3)21(20)11-5-2/h6-9,12-17H,3-5,10-11H2,1-2H3. The lowest BCUT2D eigenvalue weighted by Crippen LogP contribution is -2.07. The van der Waals surface area contributed by atoms with Crippen LogP contribution in [0.5, 0.6) is 0 Å². The molecule has 1 nitrogen and oxygen atoms in total. The van der Waals surface area contributed by atoms with Crippen LogP contribution >= 0.6 is 0 Å². The number of carbonyl (C=O) groups is 1. The van der Waals surface area contributed by atoms with Gasteiger partial charge in [-0.2, -0.15) is 0 Å². The molecule has 0 heterocycles. The number of allylic oxidation sites excluding steroid dienone is 1. The van der Waals surface area contributed by atoms with Gasteiger partial charge in [-0.15, -0.1) is 0 Å². The Morgan fingerprint density at radius 3 is 2.21 bits per heavy atom. The summed E-state index contributed by atoms with van der Waals surface area (Å²) < 4.78 is 0. The summed E-state index contributed by atoms with van der Waals surface area (Å²) in [7, 11) is 0. The van der Waals surface area contributed by atoms with Gasteiger partial charge in [0.25, 0.3) is 0 Å². The van der Waals surface area contributed by atoms with Crippen LogP contribution in [0.4, 0.5) is 0 Å². The first-order valence-corrected chi connectivity index (χ1v) is 8.75. The molecule has 1 heteroatoms. The van der Waals surface area contributed by atoms with Gasteiger partial charge < -0.3 is 0 Å². The van der Waals surface area contributed by atoms with Crippen LogP contribution in [0.15, 0.2) is 55.1 Å². The van der Waals surface area contributed by atoms with Crippen LogP contribution in [0.1, 0.15) is 59.3 Å². The van der Waals surface area contributed by atoms with Gasteiger partial charge in [0.2, 0.25) is 0 Å². The topological polar surface area (TPSA) is 17.1 Å². The Bertz CT molecular complexity index is 723. The first-order valence-electron chi connectivity index (χ1n) is 8.75. The largest absolute Gasteiger partial charge is 0.289 e. The Morgan fingerprint density at radius 2 is 1.58 bits per heavy atom. The second kappa shape index (κ2) is 9.02. The van der Waals surface area contributed by atoms with Crippen molar-refractivity contribution in [2.24, 2.45) is 0 Å². The van der Waals surface area contributed by atoms with Crippen LogP contribution in [0.25, 0.3) is 12.2 Å². The molecule has 0 saturated heterocycles. The summed E-state index contributed by atoms with van der Waals surface area (Å²) in [6, 6.07) is 14.3. The zero-order valence-corrected chi connectivity index (χ0v) is 14.7. The Hall–Kier alpha value is -2.41. The number of benzene rings is 2. The fraction of sp³-hybridized carbons (Fsp3) is 0.261. The molecule has 0 bridgehead atoms. The van der Waals surface area contributed by atoms with E-state index in [-0.39, 0.29) is 5.78 Å². The maximum atomic E-state index is 12.2. The van der Waals surface area contributed by atoms with Gasteiger partial charge in [-0.25, -0.2) is 0 Å². The summed E-state index contributed by atoms with van der Waals surface area (Å²) in [6.07, 6.45) is 9.73. The number of rotatable bonds is 8. The minimum absolute atomic E-state index is 0.0226. The van der Waals surface area contributed by atoms with E-state index >= 15 is 0 Å². The zero-order valence-electron chi connectivity index (χ0n) is 14.7. The minimum atomic E-state index is 0.0226. The molecule has 0 aliphatic rings. The molecule has 0 saturated carbocycles. The molecule has 0 amide bonds. The maximum Gasteiger partial charge on any atom is 0.185 e. The first-order chi connectivity index (χ1) is 11.7. The van der Waals surface area contributed by atoms with Crippen molar-refractivity contribution in [3.63, 3.8) is 0 Å². The van der Waals surface area contributed by atoms with Gasteiger partial charge in [0.1, 0.15) is 0 Å². The molecule has 0 unspecified atom stereocenters. The van der Waals surface area contributed by atoms with E-state index in [9.17, 15) is 4.79 Å². The van der Waals surface area contributed by atoms with E-state index in [1.165, 1.54) is 28.3 Å². The normalized spacial score (nSPS) is 10.9. The number of ketones is 1. The van der Waals surface area contributed by atoms with Gasteiger partial charge in [-0.3, -0.25) is 4.79 Å². The van der Waals surface area contributed by atoms with Gasteiger partial charge in [-0.05, 0) is 41.2 Å². The third kappa shape index (κ3) is 4.32. The predicted molar refractivity (Wildman–Crippen MR) is 104 cm³/mol. The van der Waals surface area contributed by atoms with Gasteiger partial charge >= 0.3 is 0 Å². The average Bonchev–Trinajstić information content (AvgIpc) is 2.62. The molecule has 0 spiro atoms. The van der Waals surface area contributed by atoms with Gasteiger partial charge in [0.15, 0.2) is 5.78 Å². The van der Waals surface area contributed by atoms with E-state index in [4.69, 9.17) is 0 Å². The van der Waals surface area contributed by atoms with Gasteiger partial charge in [0, 0.05) is 5.56 Å². The second-order valence-corrected chi connectivity index (χ2v) is 5.97. The second-order valence-electron chi connectivity index (χ2n) is 5.97. The summed E-state index contributed by atoms with van der Waals surface area (Å²) in [6.45, 7) is 7.99. The highest BCUT2D eigenvalue weighted by atomic mass is 16.1. The average molecular weight is 318 g/mol. The molecular formula is C23H26O. The van der Waals surface area contributed by atoms with Crippen LogP contribution < -0.4 is 0 Å². The fourth-order valence-electron chi connectivity index (χ4n) is 3.04. The van der Waals surface area contributed by atoms with Crippen LogP contribution in [0.2, 0.25) is 0 Å². The van der Waals surface area contributed by atoms with Crippen molar-refractivity contribution in [3.05, 3.63) is 82.9 Å². The van der Waals surface area contributed by atoms with Crippen molar-refractivity contribution in [3.8, 4) is 0 Å². The van der Waals surface area contributed by atoms with E-state index in [0.29, 0.717) is 0 Å². The van der Waals surface area contributed by atoms with Crippen molar-refractivity contribution in [1.82, 2.24) is 0 Å². The summed E-state index contributed by atoms with van der Waals surface area (Å²) >= 11 is 0. The lowest BCUT2D eigenvalue weighted by molar-refractivity contribution is 0.104. The first kappa shape index (κ1) is 17.9. The van der Waals surface area contributed by atoms with Crippen molar-refractivity contribution >= 4 is 17.9 Å². The highest BCUT2D eigenvalue weighted by Gasteiger charge is 2.14. The van der Waals surface area contributed by atoms with Crippen molar-refractivity contribution in [1.29, 1.82) is 0 Å². The predicted octanol–water partition coefficient (Wildman–Crippen LogP) is 6.13. The summed E-state index contributed by atoms with van der Waals surface area (Å²) in [4.78, 5) is 12.2. The lowest BCUT2D eigenvalue weighted by Gasteiger charge is -2.16. The van der Waals surface area contributed by atoms with E-state index in [0.717, 1.165) is 31.2 Å². The van der Waals surface area contributed by atoms with E-state index in [1.807, 2.05) is 24.3 Å². The zero-order chi connectivity index (χ0) is 17.4. The third-order valence-corrected chi connectivity index (χ3v) is 4.17. The van der Waals surface area contributed by atoms with Crippen LogP contribution in [-0.4, -0.2) is 5.78 Å². The van der Waals surface area contributed by atoms with Crippen molar-refractivity contribution < 1.29 is 4.79 Å².